The van der Waals surface area contributed by atoms with E-state index in [4.69, 9.17) is 18.6 Å². The van der Waals surface area contributed by atoms with E-state index in [0.717, 1.165) is 0 Å². The van der Waals surface area contributed by atoms with E-state index in [1.807, 2.05) is 6.07 Å². The van der Waals surface area contributed by atoms with E-state index < -0.39 is 0 Å². The normalized spacial score (nSPS) is 10.6. The Morgan fingerprint density at radius 1 is 0.967 bits per heavy atom. The van der Waals surface area contributed by atoms with Crippen molar-refractivity contribution in [3.05, 3.63) is 60.3 Å². The Labute approximate surface area is 172 Å². The number of anilines is 1. The van der Waals surface area contributed by atoms with Gasteiger partial charge in [0.2, 0.25) is 5.89 Å². The van der Waals surface area contributed by atoms with Gasteiger partial charge in [-0.3, -0.25) is 4.79 Å². The van der Waals surface area contributed by atoms with Crippen molar-refractivity contribution in [2.24, 2.45) is 0 Å². The van der Waals surface area contributed by atoms with Gasteiger partial charge < -0.3 is 23.9 Å². The van der Waals surface area contributed by atoms with E-state index in [1.54, 1.807) is 48.7 Å². The van der Waals surface area contributed by atoms with Crippen LogP contribution >= 0.6 is 0 Å². The number of amides is 1. The summed E-state index contributed by atoms with van der Waals surface area (Å²) in [4.78, 5) is 21.6. The van der Waals surface area contributed by atoms with Gasteiger partial charge in [-0.2, -0.15) is 4.98 Å². The number of fused-ring (bicyclic) bond motifs is 1. The number of rotatable bonds is 6. The lowest BCUT2D eigenvalue weighted by Gasteiger charge is -2.15. The average Bonchev–Trinajstić information content (AvgIpc) is 3.22. The first kappa shape index (κ1) is 19.3. The average molecular weight is 405 g/mol. The molecule has 1 N–H and O–H groups in total. The van der Waals surface area contributed by atoms with Crippen LogP contribution in [0.15, 0.2) is 59.1 Å². The molecule has 30 heavy (non-hydrogen) atoms. The Morgan fingerprint density at radius 2 is 1.73 bits per heavy atom. The van der Waals surface area contributed by atoms with Crippen molar-refractivity contribution in [1.82, 2.24) is 9.97 Å². The summed E-state index contributed by atoms with van der Waals surface area (Å²) < 4.78 is 21.7. The number of benzene rings is 2. The third kappa shape index (κ3) is 3.62. The van der Waals surface area contributed by atoms with Gasteiger partial charge in [-0.25, -0.2) is 4.98 Å². The second-order valence-electron chi connectivity index (χ2n) is 6.29. The number of methoxy groups -OCH3 is 3. The van der Waals surface area contributed by atoms with Crippen molar-refractivity contribution in [3.63, 3.8) is 0 Å². The molecule has 0 spiro atoms. The fourth-order valence-corrected chi connectivity index (χ4v) is 3.05. The number of hydrogen-bond acceptors (Lipinski definition) is 7. The number of pyridine rings is 1. The predicted molar refractivity (Wildman–Crippen MR) is 111 cm³/mol. The van der Waals surface area contributed by atoms with Crippen LogP contribution in [-0.4, -0.2) is 37.2 Å². The fraction of sp³-hybridized carbons (Fsp3) is 0.136. The van der Waals surface area contributed by atoms with Crippen molar-refractivity contribution >= 4 is 22.8 Å². The van der Waals surface area contributed by atoms with E-state index in [-0.39, 0.29) is 11.5 Å². The van der Waals surface area contributed by atoms with Gasteiger partial charge in [-0.15, -0.1) is 0 Å². The Balaban J connectivity index is 1.65. The topological polar surface area (TPSA) is 95.7 Å². The van der Waals surface area contributed by atoms with Crippen LogP contribution < -0.4 is 19.5 Å². The molecule has 0 saturated carbocycles. The SMILES string of the molecule is COc1cc(OC)c(C(=O)Nc2cccc(-c3nc4ncccc4o3)c2)c(OC)c1. The summed E-state index contributed by atoms with van der Waals surface area (Å²) in [7, 11) is 4.49. The minimum atomic E-state index is -0.386. The quantitative estimate of drug-likeness (QED) is 0.514. The van der Waals surface area contributed by atoms with Crippen LogP contribution in [0.25, 0.3) is 22.7 Å². The van der Waals surface area contributed by atoms with E-state index in [0.29, 0.717) is 45.6 Å². The number of carbonyl (C=O) groups excluding carboxylic acids is 1. The molecule has 4 aromatic rings. The van der Waals surface area contributed by atoms with Crippen LogP contribution in [0.4, 0.5) is 5.69 Å². The predicted octanol–water partition coefficient (Wildman–Crippen LogP) is 4.17. The highest BCUT2D eigenvalue weighted by Crippen LogP contribution is 2.35. The maximum absolute atomic E-state index is 13.0. The Bertz CT molecular complexity index is 1160. The second kappa shape index (κ2) is 8.12. The highest BCUT2D eigenvalue weighted by Gasteiger charge is 2.21. The Morgan fingerprint density at radius 3 is 2.40 bits per heavy atom. The van der Waals surface area contributed by atoms with Crippen LogP contribution in [0, 0.1) is 0 Å². The van der Waals surface area contributed by atoms with Crippen LogP contribution in [0.5, 0.6) is 17.2 Å². The number of aromatic nitrogens is 2. The zero-order valence-corrected chi connectivity index (χ0v) is 16.6. The molecule has 4 rings (SSSR count). The molecular formula is C22H19N3O5. The molecule has 0 aliphatic heterocycles. The molecule has 0 fully saturated rings. The Kier molecular flexibility index (Phi) is 5.21. The highest BCUT2D eigenvalue weighted by atomic mass is 16.5. The number of nitrogens with one attached hydrogen (secondary N) is 1. The maximum Gasteiger partial charge on any atom is 0.263 e. The van der Waals surface area contributed by atoms with Crippen molar-refractivity contribution in [3.8, 4) is 28.7 Å². The molecule has 2 aromatic carbocycles. The van der Waals surface area contributed by atoms with Crippen LogP contribution in [0.1, 0.15) is 10.4 Å². The smallest absolute Gasteiger partial charge is 0.263 e. The van der Waals surface area contributed by atoms with Gasteiger partial charge in [0.1, 0.15) is 22.8 Å². The Hall–Kier alpha value is -4.07. The minimum Gasteiger partial charge on any atom is -0.496 e. The molecule has 8 nitrogen and oxygen atoms in total. The molecule has 0 bridgehead atoms. The van der Waals surface area contributed by atoms with Gasteiger partial charge >= 0.3 is 0 Å². The number of hydrogen-bond donors (Lipinski definition) is 1. The summed E-state index contributed by atoms with van der Waals surface area (Å²) in [5, 5.41) is 2.86. The fourth-order valence-electron chi connectivity index (χ4n) is 3.05. The van der Waals surface area contributed by atoms with Gasteiger partial charge in [0, 0.05) is 29.6 Å². The van der Waals surface area contributed by atoms with Crippen molar-refractivity contribution < 1.29 is 23.4 Å². The molecule has 0 saturated heterocycles. The second-order valence-corrected chi connectivity index (χ2v) is 6.29. The van der Waals surface area contributed by atoms with E-state index in [2.05, 4.69) is 15.3 Å². The molecule has 0 aliphatic carbocycles. The molecule has 152 valence electrons. The van der Waals surface area contributed by atoms with Crippen LogP contribution in [0.2, 0.25) is 0 Å². The molecule has 0 radical (unpaired) electrons. The summed E-state index contributed by atoms with van der Waals surface area (Å²) in [6.45, 7) is 0. The molecule has 0 atom stereocenters. The third-order valence-corrected chi connectivity index (χ3v) is 4.47. The standard InChI is InChI=1S/C22H19N3O5/c1-27-15-11-17(28-2)19(18(12-15)29-3)21(26)24-14-7-4-6-13(10-14)22-25-20-16(30-22)8-5-9-23-20/h4-12H,1-3H3,(H,24,26). The zero-order chi connectivity index (χ0) is 21.1. The lowest BCUT2D eigenvalue weighted by molar-refractivity contribution is 0.102. The molecular weight excluding hydrogens is 386 g/mol. The first-order valence-electron chi connectivity index (χ1n) is 9.06. The number of ether oxygens (including phenoxy) is 3. The van der Waals surface area contributed by atoms with Crippen molar-refractivity contribution in [1.29, 1.82) is 0 Å². The van der Waals surface area contributed by atoms with Crippen LogP contribution in [0.3, 0.4) is 0 Å². The number of nitrogens with zero attached hydrogens (tertiary/aromatic N) is 2. The first-order valence-corrected chi connectivity index (χ1v) is 9.06. The lowest BCUT2D eigenvalue weighted by Crippen LogP contribution is -2.15. The van der Waals surface area contributed by atoms with Crippen molar-refractivity contribution in [2.75, 3.05) is 26.6 Å². The highest BCUT2D eigenvalue weighted by molar-refractivity contribution is 6.08. The summed E-state index contributed by atoms with van der Waals surface area (Å²) in [6, 6.07) is 14.0. The maximum atomic E-state index is 13.0. The number of carbonyl (C=O) groups is 1. The molecule has 8 heteroatoms. The summed E-state index contributed by atoms with van der Waals surface area (Å²) in [5.74, 6) is 1.23. The number of oxazole rings is 1. The summed E-state index contributed by atoms with van der Waals surface area (Å²) in [6.07, 6.45) is 1.65. The van der Waals surface area contributed by atoms with Gasteiger partial charge in [-0.05, 0) is 30.3 Å². The molecule has 2 heterocycles. The minimum absolute atomic E-state index is 0.261. The molecule has 0 unspecified atom stereocenters. The molecule has 2 aromatic heterocycles. The summed E-state index contributed by atoms with van der Waals surface area (Å²) >= 11 is 0. The van der Waals surface area contributed by atoms with Crippen LogP contribution in [-0.2, 0) is 0 Å². The van der Waals surface area contributed by atoms with E-state index in [9.17, 15) is 4.79 Å². The van der Waals surface area contributed by atoms with Gasteiger partial charge in [0.25, 0.3) is 5.91 Å². The largest absolute Gasteiger partial charge is 0.496 e. The van der Waals surface area contributed by atoms with Gasteiger partial charge in [0.05, 0.1) is 21.3 Å². The molecule has 0 aliphatic rings. The zero-order valence-electron chi connectivity index (χ0n) is 16.6. The van der Waals surface area contributed by atoms with E-state index >= 15 is 0 Å². The third-order valence-electron chi connectivity index (χ3n) is 4.47. The first-order chi connectivity index (χ1) is 14.6. The molecule has 1 amide bonds. The summed E-state index contributed by atoms with van der Waals surface area (Å²) in [5.41, 5.74) is 2.65. The van der Waals surface area contributed by atoms with Crippen molar-refractivity contribution in [2.45, 2.75) is 0 Å². The lowest BCUT2D eigenvalue weighted by atomic mass is 10.1. The van der Waals surface area contributed by atoms with Gasteiger partial charge in [-0.1, -0.05) is 6.07 Å². The monoisotopic (exact) mass is 405 g/mol. The van der Waals surface area contributed by atoms with E-state index in [1.165, 1.54) is 21.3 Å². The van der Waals surface area contributed by atoms with Gasteiger partial charge in [0.15, 0.2) is 11.2 Å².